The second-order valence-electron chi connectivity index (χ2n) is 7.19. The maximum absolute atomic E-state index is 3.43. The lowest BCUT2D eigenvalue weighted by Gasteiger charge is -2.37. The quantitative estimate of drug-likeness (QED) is 0.791. The van der Waals surface area contributed by atoms with Crippen molar-refractivity contribution in [2.45, 2.75) is 65.7 Å². The van der Waals surface area contributed by atoms with Crippen LogP contribution in [0.3, 0.4) is 0 Å². The summed E-state index contributed by atoms with van der Waals surface area (Å²) >= 11 is 0. The van der Waals surface area contributed by atoms with Gasteiger partial charge in [-0.15, -0.1) is 0 Å². The zero-order valence-corrected chi connectivity index (χ0v) is 14.6. The largest absolute Gasteiger partial charge is 0.319 e. The van der Waals surface area contributed by atoms with Crippen LogP contribution in [0.15, 0.2) is 12.1 Å². The van der Waals surface area contributed by atoms with Crippen LogP contribution in [0.1, 0.15) is 67.2 Å². The number of hydrogen-bond donors (Lipinski definition) is 1. The minimum absolute atomic E-state index is 0.752. The van der Waals surface area contributed by atoms with Crippen LogP contribution in [0.4, 0.5) is 0 Å². The van der Waals surface area contributed by atoms with Crippen LogP contribution < -0.4 is 5.32 Å². The van der Waals surface area contributed by atoms with Gasteiger partial charge in [0.05, 0.1) is 0 Å². The summed E-state index contributed by atoms with van der Waals surface area (Å²) in [5.41, 5.74) is 6.01. The highest BCUT2D eigenvalue weighted by atomic mass is 14.8. The van der Waals surface area contributed by atoms with Gasteiger partial charge in [-0.2, -0.15) is 0 Å². The first-order valence-electron chi connectivity index (χ1n) is 8.79. The standard InChI is InChI=1S/C20H33N/c1-6-7-17-8-9-18(13-21-5)20(12-17)19-11-15(3)14(2)10-16(19)4/h10-11,17-18,20-21H,6-9,12-13H2,1-5H3. The Hall–Kier alpha value is -0.820. The molecule has 0 saturated heterocycles. The van der Waals surface area contributed by atoms with Gasteiger partial charge in [-0.1, -0.05) is 38.3 Å². The maximum Gasteiger partial charge on any atom is -0.00177 e. The Morgan fingerprint density at radius 3 is 2.43 bits per heavy atom. The predicted molar refractivity (Wildman–Crippen MR) is 93.1 cm³/mol. The monoisotopic (exact) mass is 287 g/mol. The Morgan fingerprint density at radius 2 is 1.76 bits per heavy atom. The van der Waals surface area contributed by atoms with E-state index in [-0.39, 0.29) is 0 Å². The minimum Gasteiger partial charge on any atom is -0.319 e. The molecule has 0 radical (unpaired) electrons. The van der Waals surface area contributed by atoms with E-state index in [1.54, 1.807) is 5.56 Å². The third-order valence-electron chi connectivity index (χ3n) is 5.55. The van der Waals surface area contributed by atoms with Crippen LogP contribution >= 0.6 is 0 Å². The molecule has 1 N–H and O–H groups in total. The third kappa shape index (κ3) is 3.88. The number of benzene rings is 1. The third-order valence-corrected chi connectivity index (χ3v) is 5.55. The van der Waals surface area contributed by atoms with Crippen LogP contribution in [0.2, 0.25) is 0 Å². The van der Waals surface area contributed by atoms with Crippen molar-refractivity contribution >= 4 is 0 Å². The van der Waals surface area contributed by atoms with E-state index >= 15 is 0 Å². The van der Waals surface area contributed by atoms with Crippen molar-refractivity contribution in [2.75, 3.05) is 13.6 Å². The van der Waals surface area contributed by atoms with Gasteiger partial charge < -0.3 is 5.32 Å². The molecule has 2 rings (SSSR count). The van der Waals surface area contributed by atoms with Gasteiger partial charge in [0.25, 0.3) is 0 Å². The molecule has 1 aliphatic rings. The van der Waals surface area contributed by atoms with Gasteiger partial charge in [-0.05, 0) is 87.2 Å². The van der Waals surface area contributed by atoms with E-state index in [0.29, 0.717) is 0 Å². The van der Waals surface area contributed by atoms with E-state index in [9.17, 15) is 0 Å². The number of aryl methyl sites for hydroxylation is 3. The van der Waals surface area contributed by atoms with E-state index in [4.69, 9.17) is 0 Å². The highest BCUT2D eigenvalue weighted by molar-refractivity contribution is 5.39. The lowest BCUT2D eigenvalue weighted by Crippen LogP contribution is -2.31. The Labute approximate surface area is 131 Å². The van der Waals surface area contributed by atoms with Crippen LogP contribution in [0, 0.1) is 32.6 Å². The van der Waals surface area contributed by atoms with Crippen molar-refractivity contribution < 1.29 is 0 Å². The van der Waals surface area contributed by atoms with Gasteiger partial charge in [-0.3, -0.25) is 0 Å². The van der Waals surface area contributed by atoms with E-state index < -0.39 is 0 Å². The van der Waals surface area contributed by atoms with Crippen molar-refractivity contribution in [3.8, 4) is 0 Å². The Morgan fingerprint density at radius 1 is 1.05 bits per heavy atom. The number of nitrogens with one attached hydrogen (secondary N) is 1. The van der Waals surface area contributed by atoms with E-state index in [2.05, 4.69) is 52.2 Å². The molecule has 1 saturated carbocycles. The summed E-state index contributed by atoms with van der Waals surface area (Å²) < 4.78 is 0. The summed E-state index contributed by atoms with van der Waals surface area (Å²) in [6, 6.07) is 4.87. The molecule has 1 aromatic rings. The summed E-state index contributed by atoms with van der Waals surface area (Å²) in [4.78, 5) is 0. The van der Waals surface area contributed by atoms with Gasteiger partial charge >= 0.3 is 0 Å². The second-order valence-corrected chi connectivity index (χ2v) is 7.19. The first-order chi connectivity index (χ1) is 10.1. The summed E-state index contributed by atoms with van der Waals surface area (Å²) in [7, 11) is 2.10. The molecule has 0 spiro atoms. The van der Waals surface area contributed by atoms with Gasteiger partial charge in [0.1, 0.15) is 0 Å². The summed E-state index contributed by atoms with van der Waals surface area (Å²) in [6.45, 7) is 10.3. The first kappa shape index (κ1) is 16.5. The molecule has 3 unspecified atom stereocenters. The van der Waals surface area contributed by atoms with Crippen LogP contribution in [0.25, 0.3) is 0 Å². The molecule has 0 aliphatic heterocycles. The average molecular weight is 287 g/mol. The van der Waals surface area contributed by atoms with Crippen molar-refractivity contribution in [3.05, 3.63) is 34.4 Å². The molecule has 3 atom stereocenters. The van der Waals surface area contributed by atoms with Gasteiger partial charge in [0.15, 0.2) is 0 Å². The van der Waals surface area contributed by atoms with Gasteiger partial charge in [-0.25, -0.2) is 0 Å². The normalized spacial score (nSPS) is 26.0. The molecular weight excluding hydrogens is 254 g/mol. The molecule has 0 amide bonds. The minimum atomic E-state index is 0.752. The molecule has 21 heavy (non-hydrogen) atoms. The molecule has 1 heteroatoms. The zero-order chi connectivity index (χ0) is 15.4. The Bertz CT molecular complexity index is 463. The molecule has 0 bridgehead atoms. The van der Waals surface area contributed by atoms with Gasteiger partial charge in [0, 0.05) is 0 Å². The Balaban J connectivity index is 2.28. The fourth-order valence-corrected chi connectivity index (χ4v) is 4.26. The van der Waals surface area contributed by atoms with Crippen molar-refractivity contribution in [1.29, 1.82) is 0 Å². The number of rotatable bonds is 5. The summed E-state index contributed by atoms with van der Waals surface area (Å²) in [5.74, 6) is 2.50. The molecule has 118 valence electrons. The second kappa shape index (κ2) is 7.45. The maximum atomic E-state index is 3.43. The van der Waals surface area contributed by atoms with Crippen LogP contribution in [-0.2, 0) is 0 Å². The van der Waals surface area contributed by atoms with Crippen LogP contribution in [0.5, 0.6) is 0 Å². The lowest BCUT2D eigenvalue weighted by molar-refractivity contribution is 0.222. The van der Waals surface area contributed by atoms with E-state index in [1.807, 2.05) is 0 Å². The van der Waals surface area contributed by atoms with E-state index in [1.165, 1.54) is 48.8 Å². The molecular formula is C20H33N. The molecule has 1 nitrogen and oxygen atoms in total. The first-order valence-corrected chi connectivity index (χ1v) is 8.79. The van der Waals surface area contributed by atoms with E-state index in [0.717, 1.165) is 24.3 Å². The fraction of sp³-hybridized carbons (Fsp3) is 0.700. The van der Waals surface area contributed by atoms with Crippen molar-refractivity contribution in [1.82, 2.24) is 5.32 Å². The van der Waals surface area contributed by atoms with Crippen molar-refractivity contribution in [3.63, 3.8) is 0 Å². The average Bonchev–Trinajstić information content (AvgIpc) is 2.45. The summed E-state index contributed by atoms with van der Waals surface area (Å²) in [6.07, 6.45) is 6.96. The fourth-order valence-electron chi connectivity index (χ4n) is 4.26. The predicted octanol–water partition coefficient (Wildman–Crippen LogP) is 5.13. The smallest absolute Gasteiger partial charge is 0.00177 e. The Kier molecular flexibility index (Phi) is 5.87. The summed E-state index contributed by atoms with van der Waals surface area (Å²) in [5, 5.41) is 3.43. The lowest BCUT2D eigenvalue weighted by atomic mass is 9.69. The van der Waals surface area contributed by atoms with Gasteiger partial charge in [0.2, 0.25) is 0 Å². The molecule has 0 heterocycles. The van der Waals surface area contributed by atoms with Crippen LogP contribution in [-0.4, -0.2) is 13.6 Å². The highest BCUT2D eigenvalue weighted by Gasteiger charge is 2.31. The topological polar surface area (TPSA) is 12.0 Å². The molecule has 1 aliphatic carbocycles. The molecule has 1 aromatic carbocycles. The zero-order valence-electron chi connectivity index (χ0n) is 14.6. The SMILES string of the molecule is CCCC1CCC(CNC)C(c2cc(C)c(C)cc2C)C1. The van der Waals surface area contributed by atoms with Crippen molar-refractivity contribution in [2.24, 2.45) is 11.8 Å². The molecule has 0 aromatic heterocycles. The number of hydrogen-bond acceptors (Lipinski definition) is 1. The highest BCUT2D eigenvalue weighted by Crippen LogP contribution is 2.43. The molecule has 1 fully saturated rings.